The molecule has 0 bridgehead atoms. The van der Waals surface area contributed by atoms with Crippen LogP contribution in [0, 0.1) is 0 Å². The van der Waals surface area contributed by atoms with E-state index in [4.69, 9.17) is 14.2 Å². The average Bonchev–Trinajstić information content (AvgIpc) is 3.33. The van der Waals surface area contributed by atoms with Crippen LogP contribution in [-0.2, 0) is 10.2 Å². The molecule has 0 radical (unpaired) electrons. The summed E-state index contributed by atoms with van der Waals surface area (Å²) in [6.45, 7) is 3.38. The topological polar surface area (TPSA) is 48.0 Å². The zero-order chi connectivity index (χ0) is 18.6. The minimum Gasteiger partial charge on any atom is -0.491 e. The summed E-state index contributed by atoms with van der Waals surface area (Å²) in [4.78, 5) is 15.7. The maximum atomic E-state index is 13.7. The van der Waals surface area contributed by atoms with Crippen LogP contribution in [0.3, 0.4) is 0 Å². The van der Waals surface area contributed by atoms with Crippen molar-refractivity contribution in [1.29, 1.82) is 0 Å². The summed E-state index contributed by atoms with van der Waals surface area (Å²) in [6, 6.07) is 9.77. The van der Waals surface area contributed by atoms with Gasteiger partial charge in [-0.15, -0.1) is 0 Å². The van der Waals surface area contributed by atoms with Crippen LogP contribution in [0.15, 0.2) is 34.8 Å². The molecule has 0 saturated carbocycles. The van der Waals surface area contributed by atoms with Gasteiger partial charge in [0.25, 0.3) is 0 Å². The molecule has 0 fully saturated rings. The molecular formula is C21H20BrNO4. The number of hydrogen-bond donors (Lipinski definition) is 0. The normalized spacial score (nSPS) is 21.6. The molecule has 3 aliphatic rings. The van der Waals surface area contributed by atoms with Crippen LogP contribution in [0.5, 0.6) is 17.2 Å². The van der Waals surface area contributed by atoms with Gasteiger partial charge in [-0.1, -0.05) is 41.8 Å². The number of nitrogens with zero attached hydrogens (tertiary/aromatic N) is 1. The molecule has 5 rings (SSSR count). The van der Waals surface area contributed by atoms with Gasteiger partial charge in [0.2, 0.25) is 12.7 Å². The van der Waals surface area contributed by atoms with Crippen LogP contribution in [0.1, 0.15) is 37.3 Å². The highest BCUT2D eigenvalue weighted by Gasteiger charge is 2.58. The number of amides is 1. The molecule has 140 valence electrons. The molecule has 0 aromatic heterocycles. The number of unbranched alkanes of at least 4 members (excludes halogenated alkanes) is 2. The molecule has 0 N–H and O–H groups in total. The zero-order valence-electron chi connectivity index (χ0n) is 15.1. The van der Waals surface area contributed by atoms with Crippen LogP contribution >= 0.6 is 15.9 Å². The molecule has 0 saturated heterocycles. The lowest BCUT2D eigenvalue weighted by Crippen LogP contribution is -2.43. The van der Waals surface area contributed by atoms with Crippen molar-refractivity contribution in [1.82, 2.24) is 0 Å². The van der Waals surface area contributed by atoms with Gasteiger partial charge < -0.3 is 19.1 Å². The number of hydrogen-bond acceptors (Lipinski definition) is 4. The molecule has 3 aliphatic heterocycles. The lowest BCUT2D eigenvalue weighted by Gasteiger charge is -2.23. The van der Waals surface area contributed by atoms with E-state index in [0.29, 0.717) is 23.9 Å². The van der Waals surface area contributed by atoms with Crippen molar-refractivity contribution in [2.45, 2.75) is 31.6 Å². The molecular weight excluding hydrogens is 410 g/mol. The van der Waals surface area contributed by atoms with Crippen LogP contribution in [0.25, 0.3) is 0 Å². The van der Waals surface area contributed by atoms with Gasteiger partial charge in [0.1, 0.15) is 17.8 Å². The van der Waals surface area contributed by atoms with Gasteiger partial charge in [-0.2, -0.15) is 0 Å². The Morgan fingerprint density at radius 1 is 1.11 bits per heavy atom. The van der Waals surface area contributed by atoms with Gasteiger partial charge in [-0.05, 0) is 24.6 Å². The van der Waals surface area contributed by atoms with E-state index in [-0.39, 0.29) is 12.7 Å². The Hall–Kier alpha value is -2.21. The predicted molar refractivity (Wildman–Crippen MR) is 105 cm³/mol. The summed E-state index contributed by atoms with van der Waals surface area (Å²) in [7, 11) is 0. The summed E-state index contributed by atoms with van der Waals surface area (Å²) >= 11 is 3.69. The predicted octanol–water partition coefficient (Wildman–Crippen LogP) is 4.39. The highest BCUT2D eigenvalue weighted by Crippen LogP contribution is 2.56. The smallest absolute Gasteiger partial charge is 0.245 e. The first-order valence-corrected chi connectivity index (χ1v) is 10.1. The Bertz CT molecular complexity index is 944. The Balaban J connectivity index is 1.67. The molecule has 6 heteroatoms. The Kier molecular flexibility index (Phi) is 3.86. The summed E-state index contributed by atoms with van der Waals surface area (Å²) in [5.41, 5.74) is 1.99. The summed E-state index contributed by atoms with van der Waals surface area (Å²) in [5, 5.41) is 0. The standard InChI is InChI=1S/C21H20BrNO4/c1-2-3-4-8-23-15-7-5-6-14(22)19(15)21(20(23)24)11-25-16-10-18-17(9-13(16)21)26-12-27-18/h5-7,9-10H,2-4,8,11-12H2,1H3. The number of carbonyl (C=O) groups is 1. The molecule has 0 aliphatic carbocycles. The van der Waals surface area contributed by atoms with Gasteiger partial charge >= 0.3 is 0 Å². The van der Waals surface area contributed by atoms with Crippen molar-refractivity contribution in [2.75, 3.05) is 24.8 Å². The van der Waals surface area contributed by atoms with Crippen molar-refractivity contribution in [3.63, 3.8) is 0 Å². The monoisotopic (exact) mass is 429 g/mol. The summed E-state index contributed by atoms with van der Waals surface area (Å²) < 4.78 is 18.0. The van der Waals surface area contributed by atoms with E-state index in [9.17, 15) is 4.79 Å². The van der Waals surface area contributed by atoms with Gasteiger partial charge in [0, 0.05) is 33.9 Å². The highest BCUT2D eigenvalue weighted by molar-refractivity contribution is 9.10. The third-order valence-corrected chi connectivity index (χ3v) is 6.34. The molecule has 2 aromatic rings. The van der Waals surface area contributed by atoms with Gasteiger partial charge in [0.15, 0.2) is 11.5 Å². The third-order valence-electron chi connectivity index (χ3n) is 5.68. The second kappa shape index (κ2) is 6.16. The molecule has 1 unspecified atom stereocenters. The number of halogens is 1. The van der Waals surface area contributed by atoms with E-state index in [1.165, 1.54) is 0 Å². The van der Waals surface area contributed by atoms with Crippen LogP contribution < -0.4 is 19.1 Å². The maximum absolute atomic E-state index is 13.7. The van der Waals surface area contributed by atoms with E-state index in [1.54, 1.807) is 0 Å². The van der Waals surface area contributed by atoms with E-state index in [0.717, 1.165) is 47.1 Å². The molecule has 1 spiro atoms. The van der Waals surface area contributed by atoms with Crippen molar-refractivity contribution in [2.24, 2.45) is 0 Å². The van der Waals surface area contributed by atoms with Gasteiger partial charge in [-0.3, -0.25) is 4.79 Å². The van der Waals surface area contributed by atoms with Crippen LogP contribution in [0.4, 0.5) is 5.69 Å². The number of benzene rings is 2. The summed E-state index contributed by atoms with van der Waals surface area (Å²) in [5.74, 6) is 2.12. The average molecular weight is 430 g/mol. The maximum Gasteiger partial charge on any atom is 0.245 e. The number of fused-ring (bicyclic) bond motifs is 5. The van der Waals surface area contributed by atoms with E-state index in [1.807, 2.05) is 35.2 Å². The molecule has 1 amide bonds. The molecule has 5 nitrogen and oxygen atoms in total. The fourth-order valence-electron chi connectivity index (χ4n) is 4.37. The number of carbonyl (C=O) groups excluding carboxylic acids is 1. The molecule has 2 aromatic carbocycles. The first-order chi connectivity index (χ1) is 13.2. The second-order valence-corrected chi connectivity index (χ2v) is 8.05. The first kappa shape index (κ1) is 16.9. The van der Waals surface area contributed by atoms with Crippen LogP contribution in [-0.4, -0.2) is 25.9 Å². The van der Waals surface area contributed by atoms with Crippen molar-refractivity contribution < 1.29 is 19.0 Å². The molecule has 27 heavy (non-hydrogen) atoms. The first-order valence-electron chi connectivity index (χ1n) is 9.34. The fraction of sp³-hybridized carbons (Fsp3) is 0.381. The van der Waals surface area contributed by atoms with Crippen molar-refractivity contribution in [3.05, 3.63) is 45.9 Å². The molecule has 3 heterocycles. The van der Waals surface area contributed by atoms with E-state index >= 15 is 0 Å². The summed E-state index contributed by atoms with van der Waals surface area (Å²) in [6.07, 6.45) is 3.21. The van der Waals surface area contributed by atoms with Crippen molar-refractivity contribution in [3.8, 4) is 17.2 Å². The van der Waals surface area contributed by atoms with E-state index < -0.39 is 5.41 Å². The van der Waals surface area contributed by atoms with Crippen LogP contribution in [0.2, 0.25) is 0 Å². The third kappa shape index (κ3) is 2.25. The highest BCUT2D eigenvalue weighted by atomic mass is 79.9. The van der Waals surface area contributed by atoms with Crippen molar-refractivity contribution >= 4 is 27.5 Å². The quantitative estimate of drug-likeness (QED) is 0.676. The zero-order valence-corrected chi connectivity index (χ0v) is 16.7. The fourth-order valence-corrected chi connectivity index (χ4v) is 5.07. The van der Waals surface area contributed by atoms with E-state index in [2.05, 4.69) is 22.9 Å². The second-order valence-electron chi connectivity index (χ2n) is 7.19. The van der Waals surface area contributed by atoms with Gasteiger partial charge in [0.05, 0.1) is 0 Å². The lowest BCUT2D eigenvalue weighted by molar-refractivity contribution is -0.122. The minimum atomic E-state index is -0.835. The Morgan fingerprint density at radius 3 is 2.74 bits per heavy atom. The number of anilines is 1. The Labute approximate surface area is 166 Å². The number of ether oxygens (including phenoxy) is 3. The minimum absolute atomic E-state index is 0.0816. The van der Waals surface area contributed by atoms with Gasteiger partial charge in [-0.25, -0.2) is 0 Å². The SMILES string of the molecule is CCCCCN1C(=O)C2(COc3cc4c(cc32)OCO4)c2c(Br)cccc21. The Morgan fingerprint density at radius 2 is 1.93 bits per heavy atom. The molecule has 1 atom stereocenters. The number of rotatable bonds is 4. The largest absolute Gasteiger partial charge is 0.491 e. The lowest BCUT2D eigenvalue weighted by atomic mass is 9.77.